The molecule has 0 bridgehead atoms. The average Bonchev–Trinajstić information content (AvgIpc) is 2.59. The van der Waals surface area contributed by atoms with Gasteiger partial charge in [-0.05, 0) is 23.8 Å². The van der Waals surface area contributed by atoms with Gasteiger partial charge >= 0.3 is 0 Å². The highest BCUT2D eigenvalue weighted by molar-refractivity contribution is 6.02. The smallest absolute Gasteiger partial charge is 0.270 e. The number of nitro groups is 1. The topological polar surface area (TPSA) is 81.5 Å². The van der Waals surface area contributed by atoms with E-state index in [1.54, 1.807) is 42.5 Å². The van der Waals surface area contributed by atoms with Gasteiger partial charge in [-0.1, -0.05) is 36.9 Å². The molecule has 24 heavy (non-hydrogen) atoms. The molecule has 0 aliphatic rings. The van der Waals surface area contributed by atoms with Gasteiger partial charge in [0, 0.05) is 18.2 Å². The van der Waals surface area contributed by atoms with Crippen LogP contribution >= 0.6 is 0 Å². The summed E-state index contributed by atoms with van der Waals surface area (Å²) in [6.45, 7) is 3.91. The SMILES string of the molecule is C=CCOc1ccccc1NC(=O)/C=C/c1cccc([N+](=O)[O-])c1. The van der Waals surface area contributed by atoms with Crippen molar-refractivity contribution in [2.45, 2.75) is 0 Å². The van der Waals surface area contributed by atoms with Crippen LogP contribution in [0.2, 0.25) is 0 Å². The van der Waals surface area contributed by atoms with Crippen molar-refractivity contribution < 1.29 is 14.5 Å². The molecule has 2 aromatic rings. The molecule has 2 rings (SSSR count). The van der Waals surface area contributed by atoms with Crippen LogP contribution in [-0.4, -0.2) is 17.4 Å². The third kappa shape index (κ3) is 4.81. The van der Waals surface area contributed by atoms with Crippen LogP contribution in [0.3, 0.4) is 0 Å². The fourth-order valence-corrected chi connectivity index (χ4v) is 1.93. The second kappa shape index (κ2) is 8.28. The quantitative estimate of drug-likeness (QED) is 0.363. The molecule has 6 heteroatoms. The highest BCUT2D eigenvalue weighted by Gasteiger charge is 2.06. The van der Waals surface area contributed by atoms with Crippen LogP contribution in [0, 0.1) is 10.1 Å². The van der Waals surface area contributed by atoms with Crippen molar-refractivity contribution in [2.24, 2.45) is 0 Å². The van der Waals surface area contributed by atoms with Crippen LogP contribution in [0.5, 0.6) is 5.75 Å². The lowest BCUT2D eigenvalue weighted by Gasteiger charge is -2.09. The maximum atomic E-state index is 12.0. The number of hydrogen-bond acceptors (Lipinski definition) is 4. The fraction of sp³-hybridized carbons (Fsp3) is 0.0556. The van der Waals surface area contributed by atoms with E-state index in [-0.39, 0.29) is 11.6 Å². The van der Waals surface area contributed by atoms with Crippen molar-refractivity contribution in [1.82, 2.24) is 0 Å². The molecule has 0 aliphatic heterocycles. The number of carbonyl (C=O) groups excluding carboxylic acids is 1. The Labute approximate surface area is 139 Å². The third-order valence-corrected chi connectivity index (χ3v) is 3.01. The first-order valence-corrected chi connectivity index (χ1v) is 7.16. The monoisotopic (exact) mass is 324 g/mol. The zero-order valence-corrected chi connectivity index (χ0v) is 12.8. The van der Waals surface area contributed by atoms with Gasteiger partial charge in [-0.2, -0.15) is 0 Å². The highest BCUT2D eigenvalue weighted by Crippen LogP contribution is 2.23. The largest absolute Gasteiger partial charge is 0.487 e. The summed E-state index contributed by atoms with van der Waals surface area (Å²) in [6, 6.07) is 13.1. The van der Waals surface area contributed by atoms with Gasteiger partial charge in [0.05, 0.1) is 10.6 Å². The number of nitrogens with one attached hydrogen (secondary N) is 1. The molecule has 1 amide bonds. The Balaban J connectivity index is 2.07. The maximum absolute atomic E-state index is 12.0. The Morgan fingerprint density at radius 1 is 1.25 bits per heavy atom. The first kappa shape index (κ1) is 17.0. The Kier molecular flexibility index (Phi) is 5.85. The average molecular weight is 324 g/mol. The Hall–Kier alpha value is -3.41. The number of carbonyl (C=O) groups is 1. The molecule has 0 spiro atoms. The van der Waals surface area contributed by atoms with Gasteiger partial charge in [-0.3, -0.25) is 14.9 Å². The van der Waals surface area contributed by atoms with Crippen LogP contribution in [0.25, 0.3) is 6.08 Å². The van der Waals surface area contributed by atoms with Crippen molar-refractivity contribution in [3.63, 3.8) is 0 Å². The van der Waals surface area contributed by atoms with Crippen LogP contribution in [0.4, 0.5) is 11.4 Å². The second-order valence-corrected chi connectivity index (χ2v) is 4.77. The molecule has 6 nitrogen and oxygen atoms in total. The summed E-state index contributed by atoms with van der Waals surface area (Å²) in [5.74, 6) is 0.172. The number of amides is 1. The summed E-state index contributed by atoms with van der Waals surface area (Å²) in [6.07, 6.45) is 4.43. The van der Waals surface area contributed by atoms with Crippen LogP contribution in [0.15, 0.2) is 67.3 Å². The number of nitro benzene ring substituents is 1. The van der Waals surface area contributed by atoms with Crippen LogP contribution < -0.4 is 10.1 Å². The van der Waals surface area contributed by atoms with Gasteiger partial charge in [0.2, 0.25) is 5.91 Å². The number of benzene rings is 2. The van der Waals surface area contributed by atoms with E-state index >= 15 is 0 Å². The molecule has 0 radical (unpaired) electrons. The molecule has 0 heterocycles. The molecule has 0 saturated heterocycles. The van der Waals surface area contributed by atoms with Crippen molar-refractivity contribution >= 4 is 23.4 Å². The number of para-hydroxylation sites is 2. The van der Waals surface area contributed by atoms with E-state index < -0.39 is 4.92 Å². The Bertz CT molecular complexity index is 784. The van der Waals surface area contributed by atoms with Gasteiger partial charge in [-0.25, -0.2) is 0 Å². The summed E-state index contributed by atoms with van der Waals surface area (Å²) >= 11 is 0. The highest BCUT2D eigenvalue weighted by atomic mass is 16.6. The van der Waals surface area contributed by atoms with Crippen molar-refractivity contribution in [2.75, 3.05) is 11.9 Å². The molecular weight excluding hydrogens is 308 g/mol. The van der Waals surface area contributed by atoms with Gasteiger partial charge in [0.25, 0.3) is 5.69 Å². The van der Waals surface area contributed by atoms with Crippen LogP contribution in [-0.2, 0) is 4.79 Å². The van der Waals surface area contributed by atoms with Crippen molar-refractivity contribution in [1.29, 1.82) is 0 Å². The predicted octanol–water partition coefficient (Wildman–Crippen LogP) is 3.81. The first-order valence-electron chi connectivity index (χ1n) is 7.16. The number of ether oxygens (including phenoxy) is 1. The minimum Gasteiger partial charge on any atom is -0.487 e. The normalized spacial score (nSPS) is 10.3. The lowest BCUT2D eigenvalue weighted by Crippen LogP contribution is -2.09. The predicted molar refractivity (Wildman–Crippen MR) is 92.9 cm³/mol. The molecule has 0 atom stereocenters. The lowest BCUT2D eigenvalue weighted by atomic mass is 10.2. The number of hydrogen-bond donors (Lipinski definition) is 1. The van der Waals surface area contributed by atoms with E-state index in [4.69, 9.17) is 4.74 Å². The van der Waals surface area contributed by atoms with E-state index in [1.165, 1.54) is 24.3 Å². The van der Waals surface area contributed by atoms with Gasteiger partial charge in [0.1, 0.15) is 12.4 Å². The maximum Gasteiger partial charge on any atom is 0.270 e. The number of anilines is 1. The number of nitrogens with zero attached hydrogens (tertiary/aromatic N) is 1. The molecule has 2 aromatic carbocycles. The van der Waals surface area contributed by atoms with Crippen molar-refractivity contribution in [3.8, 4) is 5.75 Å². The minimum absolute atomic E-state index is 0.0271. The van der Waals surface area contributed by atoms with E-state index in [0.29, 0.717) is 23.6 Å². The number of non-ortho nitro benzene ring substituents is 1. The van der Waals surface area contributed by atoms with Crippen molar-refractivity contribution in [3.05, 3.63) is 82.9 Å². The number of rotatable bonds is 7. The third-order valence-electron chi connectivity index (χ3n) is 3.01. The summed E-state index contributed by atoms with van der Waals surface area (Å²) in [7, 11) is 0. The van der Waals surface area contributed by atoms with E-state index in [1.807, 2.05) is 0 Å². The zero-order valence-electron chi connectivity index (χ0n) is 12.8. The molecule has 122 valence electrons. The summed E-state index contributed by atoms with van der Waals surface area (Å²) < 4.78 is 5.46. The molecule has 0 saturated carbocycles. The summed E-state index contributed by atoms with van der Waals surface area (Å²) in [5.41, 5.74) is 1.07. The lowest BCUT2D eigenvalue weighted by molar-refractivity contribution is -0.384. The molecule has 0 fully saturated rings. The standard InChI is InChI=1S/C18H16N2O4/c1-2-12-24-17-9-4-3-8-16(17)19-18(21)11-10-14-6-5-7-15(13-14)20(22)23/h2-11,13H,1,12H2,(H,19,21)/b11-10+. The van der Waals surface area contributed by atoms with E-state index in [0.717, 1.165) is 0 Å². The zero-order chi connectivity index (χ0) is 17.4. The molecule has 0 aliphatic carbocycles. The minimum atomic E-state index is -0.482. The fourth-order valence-electron chi connectivity index (χ4n) is 1.93. The molecule has 1 N–H and O–H groups in total. The molecule has 0 aromatic heterocycles. The van der Waals surface area contributed by atoms with Gasteiger partial charge in [0.15, 0.2) is 0 Å². The second-order valence-electron chi connectivity index (χ2n) is 4.77. The first-order chi connectivity index (χ1) is 11.6. The van der Waals surface area contributed by atoms with Gasteiger partial charge < -0.3 is 10.1 Å². The summed E-state index contributed by atoms with van der Waals surface area (Å²) in [5, 5.41) is 13.4. The molecular formula is C18H16N2O4. The van der Waals surface area contributed by atoms with Crippen LogP contribution in [0.1, 0.15) is 5.56 Å². The van der Waals surface area contributed by atoms with E-state index in [2.05, 4.69) is 11.9 Å². The van der Waals surface area contributed by atoms with E-state index in [9.17, 15) is 14.9 Å². The summed E-state index contributed by atoms with van der Waals surface area (Å²) in [4.78, 5) is 22.3. The van der Waals surface area contributed by atoms with Gasteiger partial charge in [-0.15, -0.1) is 0 Å². The Morgan fingerprint density at radius 3 is 2.79 bits per heavy atom. The Morgan fingerprint density at radius 2 is 2.04 bits per heavy atom. The molecule has 0 unspecified atom stereocenters.